The topological polar surface area (TPSA) is 37.3 Å². The van der Waals surface area contributed by atoms with Crippen molar-refractivity contribution in [1.82, 2.24) is 14.8 Å². The van der Waals surface area contributed by atoms with Gasteiger partial charge in [-0.2, -0.15) is 0 Å². The quantitative estimate of drug-likeness (QED) is 0.736. The third-order valence-electron chi connectivity index (χ3n) is 4.37. The molecule has 134 valence electrons. The van der Waals surface area contributed by atoms with E-state index >= 15 is 0 Å². The molecule has 0 aliphatic rings. The molecule has 1 N–H and O–H groups in total. The maximum atomic E-state index is 13.1. The normalized spacial score (nSPS) is 12.2. The van der Waals surface area contributed by atoms with Gasteiger partial charge in [-0.25, -0.2) is 4.39 Å². The Morgan fingerprint density at radius 2 is 1.65 bits per heavy atom. The van der Waals surface area contributed by atoms with Gasteiger partial charge in [-0.05, 0) is 68.2 Å². The van der Waals surface area contributed by atoms with Crippen LogP contribution in [-0.2, 0) is 0 Å². The van der Waals surface area contributed by atoms with Crippen LogP contribution in [0.15, 0.2) is 73.1 Å². The number of nitrogens with one attached hydrogen (secondary N) is 1. The average molecular weight is 351 g/mol. The molecule has 0 aliphatic carbocycles. The van der Waals surface area contributed by atoms with E-state index in [-0.39, 0.29) is 17.8 Å². The first-order valence-corrected chi connectivity index (χ1v) is 8.48. The van der Waals surface area contributed by atoms with Gasteiger partial charge in [0.15, 0.2) is 0 Å². The first-order chi connectivity index (χ1) is 12.5. The van der Waals surface area contributed by atoms with Gasteiger partial charge >= 0.3 is 0 Å². The zero-order valence-electron chi connectivity index (χ0n) is 14.9. The fraction of sp³-hybridized carbons (Fsp3) is 0.190. The number of carbonyl (C=O) groups is 1. The molecule has 0 bridgehead atoms. The molecule has 0 saturated heterocycles. The highest BCUT2D eigenvalue weighted by molar-refractivity contribution is 5.94. The lowest BCUT2D eigenvalue weighted by Crippen LogP contribution is -2.34. The third kappa shape index (κ3) is 4.18. The van der Waals surface area contributed by atoms with E-state index in [0.717, 1.165) is 11.3 Å². The molecule has 1 unspecified atom stereocenters. The van der Waals surface area contributed by atoms with Crippen molar-refractivity contribution in [2.24, 2.45) is 0 Å². The van der Waals surface area contributed by atoms with Gasteiger partial charge in [0.1, 0.15) is 5.82 Å². The highest BCUT2D eigenvalue weighted by Gasteiger charge is 2.16. The summed E-state index contributed by atoms with van der Waals surface area (Å²) in [6.07, 6.45) is 3.92. The number of halogens is 1. The SMILES string of the molecule is CN(C)C(CNC(=O)c1ccc(-n2cccc2)cc1)c1ccc(F)cc1. The number of hydrogen-bond donors (Lipinski definition) is 1. The largest absolute Gasteiger partial charge is 0.350 e. The predicted octanol–water partition coefficient (Wildman–Crippen LogP) is 3.65. The van der Waals surface area contributed by atoms with Crippen LogP contribution in [0.3, 0.4) is 0 Å². The molecule has 0 fully saturated rings. The maximum Gasteiger partial charge on any atom is 0.251 e. The summed E-state index contributed by atoms with van der Waals surface area (Å²) in [7, 11) is 3.87. The number of carbonyl (C=O) groups excluding carboxylic acids is 1. The van der Waals surface area contributed by atoms with E-state index in [0.29, 0.717) is 12.1 Å². The van der Waals surface area contributed by atoms with Gasteiger partial charge in [0.25, 0.3) is 5.91 Å². The Labute approximate surface area is 152 Å². The lowest BCUT2D eigenvalue weighted by Gasteiger charge is -2.25. The second kappa shape index (κ2) is 7.97. The van der Waals surface area contributed by atoms with Gasteiger partial charge in [0.05, 0.1) is 6.04 Å². The van der Waals surface area contributed by atoms with E-state index in [1.54, 1.807) is 12.1 Å². The molecule has 3 rings (SSSR count). The molecule has 0 saturated carbocycles. The van der Waals surface area contributed by atoms with Gasteiger partial charge in [0.2, 0.25) is 0 Å². The Bertz CT molecular complexity index is 840. The monoisotopic (exact) mass is 351 g/mol. The van der Waals surface area contributed by atoms with Crippen molar-refractivity contribution in [1.29, 1.82) is 0 Å². The summed E-state index contributed by atoms with van der Waals surface area (Å²) in [6, 6.07) is 17.7. The summed E-state index contributed by atoms with van der Waals surface area (Å²) < 4.78 is 15.1. The summed E-state index contributed by atoms with van der Waals surface area (Å²) >= 11 is 0. The molecule has 4 nitrogen and oxygen atoms in total. The molecule has 1 atom stereocenters. The average Bonchev–Trinajstić information content (AvgIpc) is 3.18. The van der Waals surface area contributed by atoms with Crippen molar-refractivity contribution in [3.63, 3.8) is 0 Å². The highest BCUT2D eigenvalue weighted by Crippen LogP contribution is 2.18. The number of benzene rings is 2. The van der Waals surface area contributed by atoms with Crippen molar-refractivity contribution in [2.75, 3.05) is 20.6 Å². The van der Waals surface area contributed by atoms with E-state index in [9.17, 15) is 9.18 Å². The number of nitrogens with zero attached hydrogens (tertiary/aromatic N) is 2. The van der Waals surface area contributed by atoms with Crippen LogP contribution in [0, 0.1) is 5.82 Å². The first kappa shape index (κ1) is 17.9. The van der Waals surface area contributed by atoms with Crippen LogP contribution in [0.5, 0.6) is 0 Å². The minimum atomic E-state index is -0.266. The van der Waals surface area contributed by atoms with Crippen molar-refractivity contribution in [3.8, 4) is 5.69 Å². The van der Waals surface area contributed by atoms with E-state index in [4.69, 9.17) is 0 Å². The molecular weight excluding hydrogens is 329 g/mol. The van der Waals surface area contributed by atoms with Crippen LogP contribution in [0.25, 0.3) is 5.69 Å². The number of likely N-dealkylation sites (N-methyl/N-ethyl adjacent to an activating group) is 1. The lowest BCUT2D eigenvalue weighted by molar-refractivity contribution is 0.0942. The van der Waals surface area contributed by atoms with Crippen molar-refractivity contribution in [3.05, 3.63) is 90.0 Å². The summed E-state index contributed by atoms with van der Waals surface area (Å²) in [5.41, 5.74) is 2.57. The molecule has 0 aliphatic heterocycles. The second-order valence-corrected chi connectivity index (χ2v) is 6.38. The Balaban J connectivity index is 1.65. The lowest BCUT2D eigenvalue weighted by atomic mass is 10.1. The number of rotatable bonds is 6. The molecular formula is C21H22FN3O. The minimum absolute atomic E-state index is 0.0290. The van der Waals surface area contributed by atoms with Gasteiger partial charge in [-0.3, -0.25) is 4.79 Å². The van der Waals surface area contributed by atoms with Crippen LogP contribution in [0.2, 0.25) is 0 Å². The van der Waals surface area contributed by atoms with Gasteiger partial charge in [-0.15, -0.1) is 0 Å². The Kier molecular flexibility index (Phi) is 5.49. The molecule has 1 heterocycles. The molecule has 2 aromatic carbocycles. The summed E-state index contributed by atoms with van der Waals surface area (Å²) in [6.45, 7) is 0.441. The molecule has 1 amide bonds. The van der Waals surface area contributed by atoms with Crippen LogP contribution >= 0.6 is 0 Å². The third-order valence-corrected chi connectivity index (χ3v) is 4.37. The van der Waals surface area contributed by atoms with Gasteiger partial charge < -0.3 is 14.8 Å². The Hall–Kier alpha value is -2.92. The standard InChI is InChI=1S/C21H22FN3O/c1-24(2)20(16-5-9-18(22)10-6-16)15-23-21(26)17-7-11-19(12-8-17)25-13-3-4-14-25/h3-14,20H,15H2,1-2H3,(H,23,26). The zero-order valence-corrected chi connectivity index (χ0v) is 14.9. The van der Waals surface area contributed by atoms with Crippen LogP contribution in [0.4, 0.5) is 4.39 Å². The van der Waals surface area contributed by atoms with Crippen LogP contribution in [-0.4, -0.2) is 36.0 Å². The first-order valence-electron chi connectivity index (χ1n) is 8.48. The Morgan fingerprint density at radius 3 is 2.23 bits per heavy atom. The zero-order chi connectivity index (χ0) is 18.5. The van der Waals surface area contributed by atoms with E-state index < -0.39 is 0 Å². The minimum Gasteiger partial charge on any atom is -0.350 e. The number of hydrogen-bond acceptors (Lipinski definition) is 2. The Morgan fingerprint density at radius 1 is 1.04 bits per heavy atom. The molecule has 5 heteroatoms. The predicted molar refractivity (Wildman–Crippen MR) is 101 cm³/mol. The molecule has 0 spiro atoms. The number of amides is 1. The molecule has 26 heavy (non-hydrogen) atoms. The number of aromatic nitrogens is 1. The van der Waals surface area contributed by atoms with Gasteiger partial charge in [-0.1, -0.05) is 12.1 Å². The van der Waals surface area contributed by atoms with E-state index in [1.165, 1.54) is 12.1 Å². The highest BCUT2D eigenvalue weighted by atomic mass is 19.1. The van der Waals surface area contributed by atoms with Crippen molar-refractivity contribution < 1.29 is 9.18 Å². The van der Waals surface area contributed by atoms with Crippen molar-refractivity contribution >= 4 is 5.91 Å². The van der Waals surface area contributed by atoms with Crippen LogP contribution < -0.4 is 5.32 Å². The van der Waals surface area contributed by atoms with Crippen LogP contribution in [0.1, 0.15) is 22.0 Å². The summed E-state index contributed by atoms with van der Waals surface area (Å²) in [4.78, 5) is 14.5. The summed E-state index contributed by atoms with van der Waals surface area (Å²) in [5, 5.41) is 2.97. The summed E-state index contributed by atoms with van der Waals surface area (Å²) in [5.74, 6) is -0.393. The van der Waals surface area contributed by atoms with Gasteiger partial charge in [0, 0.05) is 30.2 Å². The maximum absolute atomic E-state index is 13.1. The van der Waals surface area contributed by atoms with E-state index in [2.05, 4.69) is 5.32 Å². The fourth-order valence-electron chi connectivity index (χ4n) is 2.87. The molecule has 3 aromatic rings. The second-order valence-electron chi connectivity index (χ2n) is 6.38. The van der Waals surface area contributed by atoms with E-state index in [1.807, 2.05) is 72.4 Å². The molecule has 1 aromatic heterocycles. The fourth-order valence-corrected chi connectivity index (χ4v) is 2.87. The van der Waals surface area contributed by atoms with Crippen molar-refractivity contribution in [2.45, 2.75) is 6.04 Å². The molecule has 0 radical (unpaired) electrons. The smallest absolute Gasteiger partial charge is 0.251 e.